The Kier molecular flexibility index (Phi) is 7.91. The lowest BCUT2D eigenvalue weighted by Crippen LogP contribution is -2.49. The van der Waals surface area contributed by atoms with Gasteiger partial charge in [-0.15, -0.1) is 0 Å². The molecule has 0 radical (unpaired) electrons. The van der Waals surface area contributed by atoms with Crippen molar-refractivity contribution in [1.29, 1.82) is 0 Å². The predicted molar refractivity (Wildman–Crippen MR) is 111 cm³/mol. The number of thioether (sulfide) groups is 1. The Morgan fingerprint density at radius 2 is 1.32 bits per heavy atom. The van der Waals surface area contributed by atoms with E-state index in [-0.39, 0.29) is 0 Å². The molecule has 0 atom stereocenters. The van der Waals surface area contributed by atoms with Crippen LogP contribution in [0.4, 0.5) is 0 Å². The summed E-state index contributed by atoms with van der Waals surface area (Å²) < 4.78 is 0.945. The van der Waals surface area contributed by atoms with E-state index >= 15 is 0 Å². The number of rotatable bonds is 4. The predicted octanol–water partition coefficient (Wildman–Crippen LogP) is 4.98. The van der Waals surface area contributed by atoms with E-state index < -0.39 is 0 Å². The standard InChI is InChI=1S/C20H34N2OS2/c23-19(16-25-20(24)21-14-8-3-9-15-21)22(17-10-4-1-5-11-17)18-12-6-2-7-13-18/h17-18H,1-16H2. The molecule has 25 heavy (non-hydrogen) atoms. The zero-order chi connectivity index (χ0) is 17.5. The largest absolute Gasteiger partial charge is 0.358 e. The highest BCUT2D eigenvalue weighted by atomic mass is 32.2. The molecule has 3 rings (SSSR count). The van der Waals surface area contributed by atoms with Crippen molar-refractivity contribution in [1.82, 2.24) is 9.80 Å². The van der Waals surface area contributed by atoms with Crippen molar-refractivity contribution in [2.24, 2.45) is 0 Å². The van der Waals surface area contributed by atoms with Crippen LogP contribution in [0.3, 0.4) is 0 Å². The number of carbonyl (C=O) groups is 1. The highest BCUT2D eigenvalue weighted by Crippen LogP contribution is 2.31. The Morgan fingerprint density at radius 1 is 0.840 bits per heavy atom. The molecule has 0 bridgehead atoms. The van der Waals surface area contributed by atoms with Gasteiger partial charge in [-0.05, 0) is 44.9 Å². The molecular formula is C20H34N2OS2. The number of hydrogen-bond donors (Lipinski definition) is 0. The van der Waals surface area contributed by atoms with Crippen LogP contribution in [-0.2, 0) is 4.79 Å². The number of piperidine rings is 1. The number of carbonyl (C=O) groups excluding carboxylic acids is 1. The van der Waals surface area contributed by atoms with Crippen molar-refractivity contribution >= 4 is 34.2 Å². The number of nitrogens with zero attached hydrogens (tertiary/aromatic N) is 2. The van der Waals surface area contributed by atoms with Gasteiger partial charge in [0, 0.05) is 25.2 Å². The molecule has 0 N–H and O–H groups in total. The second kappa shape index (κ2) is 10.1. The summed E-state index contributed by atoms with van der Waals surface area (Å²) in [6.45, 7) is 2.16. The van der Waals surface area contributed by atoms with Gasteiger partial charge in [-0.3, -0.25) is 4.79 Å². The summed E-state index contributed by atoms with van der Waals surface area (Å²) in [5.74, 6) is 0.894. The fourth-order valence-electron chi connectivity index (χ4n) is 4.79. The van der Waals surface area contributed by atoms with E-state index in [1.807, 2.05) is 0 Å². The molecule has 3 aliphatic rings. The first kappa shape index (κ1) is 19.5. The van der Waals surface area contributed by atoms with Crippen LogP contribution in [0.2, 0.25) is 0 Å². The highest BCUT2D eigenvalue weighted by molar-refractivity contribution is 8.23. The summed E-state index contributed by atoms with van der Waals surface area (Å²) in [6, 6.07) is 0.988. The Labute approximate surface area is 163 Å². The molecule has 1 heterocycles. The summed E-state index contributed by atoms with van der Waals surface area (Å²) >= 11 is 7.22. The summed E-state index contributed by atoms with van der Waals surface area (Å²) in [5, 5.41) is 0. The van der Waals surface area contributed by atoms with Gasteiger partial charge in [0.2, 0.25) is 5.91 Å². The smallest absolute Gasteiger partial charge is 0.233 e. The van der Waals surface area contributed by atoms with Crippen LogP contribution in [0, 0.1) is 0 Å². The molecule has 0 unspecified atom stereocenters. The molecule has 1 aliphatic heterocycles. The van der Waals surface area contributed by atoms with Gasteiger partial charge in [-0.2, -0.15) is 0 Å². The second-order valence-corrected chi connectivity index (χ2v) is 9.60. The van der Waals surface area contributed by atoms with Gasteiger partial charge in [0.05, 0.1) is 5.75 Å². The third-order valence-corrected chi connectivity index (χ3v) is 7.67. The molecular weight excluding hydrogens is 348 g/mol. The Morgan fingerprint density at radius 3 is 1.84 bits per heavy atom. The summed E-state index contributed by atoms with van der Waals surface area (Å²) in [5.41, 5.74) is 0. The molecule has 3 fully saturated rings. The fourth-order valence-corrected chi connectivity index (χ4v) is 5.91. The molecule has 1 amide bonds. The lowest BCUT2D eigenvalue weighted by molar-refractivity contribution is -0.135. The molecule has 0 spiro atoms. The van der Waals surface area contributed by atoms with Crippen LogP contribution >= 0.6 is 24.0 Å². The van der Waals surface area contributed by atoms with Crippen LogP contribution in [0.1, 0.15) is 83.5 Å². The first-order chi connectivity index (χ1) is 12.3. The topological polar surface area (TPSA) is 23.6 Å². The summed E-state index contributed by atoms with van der Waals surface area (Å²) in [4.78, 5) is 17.8. The molecule has 2 saturated carbocycles. The van der Waals surface area contributed by atoms with Crippen molar-refractivity contribution in [3.63, 3.8) is 0 Å². The molecule has 2 aliphatic carbocycles. The van der Waals surface area contributed by atoms with Crippen LogP contribution in [0.5, 0.6) is 0 Å². The van der Waals surface area contributed by atoms with Gasteiger partial charge in [0.15, 0.2) is 0 Å². The quantitative estimate of drug-likeness (QED) is 0.640. The van der Waals surface area contributed by atoms with Gasteiger partial charge in [-0.1, -0.05) is 62.5 Å². The van der Waals surface area contributed by atoms with Crippen molar-refractivity contribution in [2.45, 2.75) is 95.6 Å². The number of hydrogen-bond acceptors (Lipinski definition) is 3. The molecule has 142 valence electrons. The Balaban J connectivity index is 1.56. The molecule has 1 saturated heterocycles. The Bertz CT molecular complexity index is 421. The van der Waals surface area contributed by atoms with Gasteiger partial charge in [0.25, 0.3) is 0 Å². The SMILES string of the molecule is O=C(CSC(=S)N1CCCCC1)N(C1CCCCC1)C1CCCCC1. The van der Waals surface area contributed by atoms with Gasteiger partial charge in [0.1, 0.15) is 4.32 Å². The van der Waals surface area contributed by atoms with Gasteiger partial charge in [-0.25, -0.2) is 0 Å². The number of likely N-dealkylation sites (tertiary alicyclic amines) is 1. The molecule has 0 aromatic rings. The minimum Gasteiger partial charge on any atom is -0.358 e. The lowest BCUT2D eigenvalue weighted by atomic mass is 9.88. The molecule has 3 nitrogen and oxygen atoms in total. The molecule has 0 aromatic heterocycles. The van der Waals surface area contributed by atoms with E-state index in [1.165, 1.54) is 83.5 Å². The van der Waals surface area contributed by atoms with E-state index in [4.69, 9.17) is 12.2 Å². The lowest BCUT2D eigenvalue weighted by Gasteiger charge is -2.42. The monoisotopic (exact) mass is 382 g/mol. The Hall–Kier alpha value is -0.290. The third-order valence-electron chi connectivity index (χ3n) is 6.16. The molecule has 0 aromatic carbocycles. The van der Waals surface area contributed by atoms with Gasteiger partial charge >= 0.3 is 0 Å². The maximum absolute atomic E-state index is 13.2. The average Bonchev–Trinajstić information content (AvgIpc) is 2.69. The third kappa shape index (κ3) is 5.59. The zero-order valence-electron chi connectivity index (χ0n) is 15.6. The number of thiocarbonyl (C=S) groups is 1. The van der Waals surface area contributed by atoms with Crippen LogP contribution < -0.4 is 0 Å². The normalized spacial score (nSPS) is 23.4. The second-order valence-electron chi connectivity index (χ2n) is 7.99. The maximum atomic E-state index is 13.2. The van der Waals surface area contributed by atoms with E-state index in [0.29, 0.717) is 23.7 Å². The maximum Gasteiger partial charge on any atom is 0.233 e. The first-order valence-electron chi connectivity index (χ1n) is 10.5. The summed E-state index contributed by atoms with van der Waals surface area (Å²) in [7, 11) is 0. The van der Waals surface area contributed by atoms with Crippen LogP contribution in [-0.4, -0.2) is 51.0 Å². The molecule has 5 heteroatoms. The fraction of sp³-hybridized carbons (Fsp3) is 0.900. The van der Waals surface area contributed by atoms with Crippen molar-refractivity contribution < 1.29 is 4.79 Å². The van der Waals surface area contributed by atoms with Crippen molar-refractivity contribution in [3.05, 3.63) is 0 Å². The summed E-state index contributed by atoms with van der Waals surface area (Å²) in [6.07, 6.45) is 16.5. The van der Waals surface area contributed by atoms with E-state index in [2.05, 4.69) is 9.80 Å². The van der Waals surface area contributed by atoms with Crippen LogP contribution in [0.25, 0.3) is 0 Å². The van der Waals surface area contributed by atoms with Crippen molar-refractivity contribution in [3.8, 4) is 0 Å². The average molecular weight is 383 g/mol. The van der Waals surface area contributed by atoms with E-state index in [0.717, 1.165) is 17.4 Å². The highest BCUT2D eigenvalue weighted by Gasteiger charge is 2.32. The van der Waals surface area contributed by atoms with Gasteiger partial charge < -0.3 is 9.80 Å². The van der Waals surface area contributed by atoms with E-state index in [9.17, 15) is 4.79 Å². The first-order valence-corrected chi connectivity index (χ1v) is 11.9. The van der Waals surface area contributed by atoms with Crippen LogP contribution in [0.15, 0.2) is 0 Å². The minimum atomic E-state index is 0.350. The minimum absolute atomic E-state index is 0.350. The van der Waals surface area contributed by atoms with Crippen molar-refractivity contribution in [2.75, 3.05) is 18.8 Å². The van der Waals surface area contributed by atoms with E-state index in [1.54, 1.807) is 11.8 Å². The zero-order valence-corrected chi connectivity index (χ0v) is 17.2. The number of amides is 1.